The Morgan fingerprint density at radius 1 is 1.06 bits per heavy atom. The van der Waals surface area contributed by atoms with E-state index in [-0.39, 0.29) is 17.7 Å². The van der Waals surface area contributed by atoms with Crippen molar-refractivity contribution in [3.63, 3.8) is 0 Å². The average molecular weight is 457 g/mol. The molecule has 2 amide bonds. The lowest BCUT2D eigenvalue weighted by atomic mass is 9.97. The van der Waals surface area contributed by atoms with Gasteiger partial charge in [-0.15, -0.1) is 0 Å². The van der Waals surface area contributed by atoms with Crippen LogP contribution in [-0.4, -0.2) is 39.6 Å². The summed E-state index contributed by atoms with van der Waals surface area (Å²) in [7, 11) is 0. The number of para-hydroxylation sites is 1. The zero-order chi connectivity index (χ0) is 24.1. The fourth-order valence-electron chi connectivity index (χ4n) is 4.39. The fraction of sp³-hybridized carbons (Fsp3) is 0.321. The van der Waals surface area contributed by atoms with E-state index < -0.39 is 0 Å². The van der Waals surface area contributed by atoms with Gasteiger partial charge in [-0.2, -0.15) is 5.10 Å². The van der Waals surface area contributed by atoms with Crippen molar-refractivity contribution in [2.45, 2.75) is 40.2 Å². The SMILES string of the molecule is Cc1ccc(Cn2nc(C)c(/C=C/C(=O)N3CCC[C@@H](C(=O)Nc4ccccc4)C3)c2C)cc1. The third kappa shape index (κ3) is 5.63. The molecule has 176 valence electrons. The first kappa shape index (κ1) is 23.5. The minimum absolute atomic E-state index is 0.0308. The molecule has 0 spiro atoms. The Labute approximate surface area is 201 Å². The molecule has 4 rings (SSSR count). The van der Waals surface area contributed by atoms with E-state index in [0.717, 1.165) is 35.5 Å². The standard InChI is InChI=1S/C28H32N4O2/c1-20-11-13-23(14-12-20)18-32-22(3)26(21(2)30-32)15-16-27(33)31-17-7-8-24(19-31)28(34)29-25-9-5-4-6-10-25/h4-6,9-16,24H,7-8,17-19H2,1-3H3,(H,29,34)/b16-15+/t24-/m1/s1. The molecular weight excluding hydrogens is 424 g/mol. The molecule has 1 aliphatic heterocycles. The summed E-state index contributed by atoms with van der Waals surface area (Å²) in [4.78, 5) is 27.4. The number of benzene rings is 2. The van der Waals surface area contributed by atoms with E-state index in [4.69, 9.17) is 0 Å². The zero-order valence-corrected chi connectivity index (χ0v) is 20.1. The first-order chi connectivity index (χ1) is 16.4. The summed E-state index contributed by atoms with van der Waals surface area (Å²) in [6.45, 7) is 7.87. The van der Waals surface area contributed by atoms with E-state index in [9.17, 15) is 9.59 Å². The van der Waals surface area contributed by atoms with Crippen LogP contribution in [0.1, 0.15) is 40.9 Å². The number of hydrogen-bond acceptors (Lipinski definition) is 3. The molecule has 0 radical (unpaired) electrons. The van der Waals surface area contributed by atoms with Crippen molar-refractivity contribution in [3.05, 3.63) is 88.8 Å². The number of nitrogens with one attached hydrogen (secondary N) is 1. The van der Waals surface area contributed by atoms with Gasteiger partial charge in [0.25, 0.3) is 0 Å². The van der Waals surface area contributed by atoms with Gasteiger partial charge in [0.05, 0.1) is 18.2 Å². The van der Waals surface area contributed by atoms with Crippen LogP contribution in [-0.2, 0) is 16.1 Å². The summed E-state index contributed by atoms with van der Waals surface area (Å²) in [5, 5.41) is 7.64. The van der Waals surface area contributed by atoms with Crippen molar-refractivity contribution in [2.75, 3.05) is 18.4 Å². The molecule has 0 unspecified atom stereocenters. The maximum Gasteiger partial charge on any atom is 0.246 e. The van der Waals surface area contributed by atoms with Gasteiger partial charge < -0.3 is 10.2 Å². The van der Waals surface area contributed by atoms with Crippen molar-refractivity contribution < 1.29 is 9.59 Å². The Hall–Kier alpha value is -3.67. The topological polar surface area (TPSA) is 67.2 Å². The van der Waals surface area contributed by atoms with Gasteiger partial charge in [-0.05, 0) is 57.4 Å². The van der Waals surface area contributed by atoms with Gasteiger partial charge >= 0.3 is 0 Å². The molecule has 1 aliphatic rings. The molecule has 2 heterocycles. The number of rotatable bonds is 6. The molecule has 0 saturated carbocycles. The molecule has 1 aromatic heterocycles. The van der Waals surface area contributed by atoms with Crippen LogP contribution in [0.15, 0.2) is 60.7 Å². The number of anilines is 1. The first-order valence-corrected chi connectivity index (χ1v) is 11.8. The second kappa shape index (κ2) is 10.5. The van der Waals surface area contributed by atoms with Crippen LogP contribution in [0.2, 0.25) is 0 Å². The molecule has 1 N–H and O–H groups in total. The van der Waals surface area contributed by atoms with E-state index >= 15 is 0 Å². The molecule has 34 heavy (non-hydrogen) atoms. The Morgan fingerprint density at radius 3 is 2.53 bits per heavy atom. The van der Waals surface area contributed by atoms with E-state index in [2.05, 4.69) is 41.6 Å². The summed E-state index contributed by atoms with van der Waals surface area (Å²) in [5.74, 6) is -0.300. The zero-order valence-electron chi connectivity index (χ0n) is 20.1. The maximum absolute atomic E-state index is 12.9. The predicted molar refractivity (Wildman–Crippen MR) is 135 cm³/mol. The lowest BCUT2D eigenvalue weighted by Crippen LogP contribution is -2.43. The van der Waals surface area contributed by atoms with Gasteiger partial charge in [0.2, 0.25) is 11.8 Å². The van der Waals surface area contributed by atoms with Crippen LogP contribution >= 0.6 is 0 Å². The summed E-state index contributed by atoms with van der Waals surface area (Å²) >= 11 is 0. The molecule has 6 nitrogen and oxygen atoms in total. The number of nitrogens with zero attached hydrogens (tertiary/aromatic N) is 3. The summed E-state index contributed by atoms with van der Waals surface area (Å²) in [6, 6.07) is 17.9. The van der Waals surface area contributed by atoms with Gasteiger partial charge in [0.1, 0.15) is 0 Å². The van der Waals surface area contributed by atoms with Crippen molar-refractivity contribution in [2.24, 2.45) is 5.92 Å². The number of amides is 2. The van der Waals surface area contributed by atoms with Crippen LogP contribution < -0.4 is 5.32 Å². The van der Waals surface area contributed by atoms with Crippen LogP contribution in [0.3, 0.4) is 0 Å². The summed E-state index contributed by atoms with van der Waals surface area (Å²) in [5.41, 5.74) is 6.10. The van der Waals surface area contributed by atoms with Gasteiger partial charge in [-0.1, -0.05) is 48.0 Å². The number of hydrogen-bond donors (Lipinski definition) is 1. The molecule has 1 fully saturated rings. The average Bonchev–Trinajstić information content (AvgIpc) is 3.11. The normalized spacial score (nSPS) is 16.1. The van der Waals surface area contributed by atoms with Crippen molar-refractivity contribution in [3.8, 4) is 0 Å². The Bertz CT molecular complexity index is 1180. The molecule has 6 heteroatoms. The molecule has 0 bridgehead atoms. The molecule has 2 aromatic carbocycles. The quantitative estimate of drug-likeness (QED) is 0.545. The number of carbonyl (C=O) groups excluding carboxylic acids is 2. The van der Waals surface area contributed by atoms with Crippen LogP contribution in [0.25, 0.3) is 6.08 Å². The predicted octanol–water partition coefficient (Wildman–Crippen LogP) is 4.75. The second-order valence-corrected chi connectivity index (χ2v) is 9.04. The molecular formula is C28H32N4O2. The van der Waals surface area contributed by atoms with Crippen molar-refractivity contribution >= 4 is 23.6 Å². The van der Waals surface area contributed by atoms with Gasteiger partial charge in [0, 0.05) is 36.1 Å². The smallest absolute Gasteiger partial charge is 0.246 e. The number of carbonyl (C=O) groups is 2. The summed E-state index contributed by atoms with van der Waals surface area (Å²) in [6.07, 6.45) is 5.08. The number of likely N-dealkylation sites (tertiary alicyclic amines) is 1. The molecule has 0 aliphatic carbocycles. The highest BCUT2D eigenvalue weighted by atomic mass is 16.2. The molecule has 1 saturated heterocycles. The van der Waals surface area contributed by atoms with Gasteiger partial charge in [0.15, 0.2) is 0 Å². The monoisotopic (exact) mass is 456 g/mol. The third-order valence-electron chi connectivity index (χ3n) is 6.43. The van der Waals surface area contributed by atoms with Crippen molar-refractivity contribution in [1.29, 1.82) is 0 Å². The van der Waals surface area contributed by atoms with E-state index in [0.29, 0.717) is 19.6 Å². The van der Waals surface area contributed by atoms with Gasteiger partial charge in [-0.25, -0.2) is 0 Å². The maximum atomic E-state index is 12.9. The Morgan fingerprint density at radius 2 is 1.79 bits per heavy atom. The Balaban J connectivity index is 1.39. The van der Waals surface area contributed by atoms with E-state index in [1.807, 2.05) is 54.9 Å². The van der Waals surface area contributed by atoms with Crippen LogP contribution in [0.5, 0.6) is 0 Å². The number of piperidine rings is 1. The van der Waals surface area contributed by atoms with E-state index in [1.165, 1.54) is 11.1 Å². The van der Waals surface area contributed by atoms with Gasteiger partial charge in [-0.3, -0.25) is 14.3 Å². The van der Waals surface area contributed by atoms with E-state index in [1.54, 1.807) is 11.0 Å². The minimum Gasteiger partial charge on any atom is -0.338 e. The second-order valence-electron chi connectivity index (χ2n) is 9.04. The highest BCUT2D eigenvalue weighted by Gasteiger charge is 2.27. The lowest BCUT2D eigenvalue weighted by molar-refractivity contribution is -0.130. The Kier molecular flexibility index (Phi) is 7.26. The van der Waals surface area contributed by atoms with Crippen LogP contribution in [0, 0.1) is 26.7 Å². The first-order valence-electron chi connectivity index (χ1n) is 11.8. The summed E-state index contributed by atoms with van der Waals surface area (Å²) < 4.78 is 1.98. The largest absolute Gasteiger partial charge is 0.338 e. The molecule has 1 atom stereocenters. The minimum atomic E-state index is -0.202. The highest BCUT2D eigenvalue weighted by Crippen LogP contribution is 2.21. The molecule has 3 aromatic rings. The van der Waals surface area contributed by atoms with Crippen LogP contribution in [0.4, 0.5) is 5.69 Å². The lowest BCUT2D eigenvalue weighted by Gasteiger charge is -2.31. The highest BCUT2D eigenvalue weighted by molar-refractivity contribution is 5.95. The third-order valence-corrected chi connectivity index (χ3v) is 6.43. The number of aryl methyl sites for hydroxylation is 2. The number of aromatic nitrogens is 2. The fourth-order valence-corrected chi connectivity index (χ4v) is 4.39. The van der Waals surface area contributed by atoms with Crippen molar-refractivity contribution in [1.82, 2.24) is 14.7 Å².